The van der Waals surface area contributed by atoms with Crippen molar-refractivity contribution in [3.05, 3.63) is 79.7 Å². The number of pyridine rings is 3. The van der Waals surface area contributed by atoms with Gasteiger partial charge in [-0.1, -0.05) is 0 Å². The number of hydrogen-bond acceptors (Lipinski definition) is 17. The summed E-state index contributed by atoms with van der Waals surface area (Å²) in [7, 11) is 6.42. The van der Waals surface area contributed by atoms with Crippen LogP contribution in [0.1, 0.15) is 0 Å². The third-order valence-corrected chi connectivity index (χ3v) is 9.59. The van der Waals surface area contributed by atoms with Gasteiger partial charge < -0.3 is 55.2 Å². The average molecular weight is 850 g/mol. The smallest absolute Gasteiger partial charge is 0.363 e. The molecule has 3 N–H and O–H groups in total. The maximum Gasteiger partial charge on any atom is 0.363 e. The molecule has 3 aromatic heterocycles. The highest BCUT2D eigenvalue weighted by Crippen LogP contribution is 2.14. The molecule has 6 heterocycles. The van der Waals surface area contributed by atoms with Gasteiger partial charge in [-0.2, -0.15) is 0 Å². The Morgan fingerprint density at radius 1 is 0.625 bits per heavy atom. The number of piperazine rings is 3. The van der Waals surface area contributed by atoms with Gasteiger partial charge in [0.25, 0.3) is 0 Å². The summed E-state index contributed by atoms with van der Waals surface area (Å²) in [5.74, 6) is 1.58. The van der Waals surface area contributed by atoms with E-state index in [2.05, 4.69) is 81.4 Å². The fourth-order valence-electron chi connectivity index (χ4n) is 5.46. The van der Waals surface area contributed by atoms with Crippen LogP contribution in [0.4, 0.5) is 17.5 Å². The van der Waals surface area contributed by atoms with Gasteiger partial charge in [0.1, 0.15) is 24.8 Å². The normalized spacial score (nSPS) is 17.2. The number of nitro groups is 2. The quantitative estimate of drug-likeness (QED) is 0.197. The van der Waals surface area contributed by atoms with Crippen molar-refractivity contribution in [2.24, 2.45) is 0 Å². The molecule has 0 bridgehead atoms. The number of nitrogens with zero attached hydrogens (tertiary/aromatic N) is 11. The first-order valence-electron chi connectivity index (χ1n) is 18.6. The number of nitrogen functional groups attached to an aromatic ring is 1. The van der Waals surface area contributed by atoms with Crippen molar-refractivity contribution in [2.45, 2.75) is 0 Å². The minimum Gasteiger partial charge on any atom is -0.491 e. The Morgan fingerprint density at radius 2 is 1.02 bits per heavy atom. The average Bonchev–Trinajstić information content (AvgIpc) is 3.19. The van der Waals surface area contributed by atoms with Crippen molar-refractivity contribution in [1.29, 1.82) is 0 Å². The first-order valence-corrected chi connectivity index (χ1v) is 19.4. The Labute approximate surface area is 337 Å². The molecular formula is C36H57BrN12O7. The van der Waals surface area contributed by atoms with Gasteiger partial charge in [-0.25, -0.2) is 4.98 Å². The number of aromatic nitrogens is 3. The second-order valence-electron chi connectivity index (χ2n) is 13.5. The summed E-state index contributed by atoms with van der Waals surface area (Å²) in [6, 6.07) is 9.45. The number of aliphatic hydroxyl groups is 1. The Hall–Kier alpha value is -4.15. The number of anilines is 1. The van der Waals surface area contributed by atoms with E-state index in [4.69, 9.17) is 20.3 Å². The third-order valence-electron chi connectivity index (χ3n) is 9.12. The minimum absolute atomic E-state index is 0.136. The predicted molar refractivity (Wildman–Crippen MR) is 218 cm³/mol. The molecular weight excluding hydrogens is 792 g/mol. The van der Waals surface area contributed by atoms with Crippen LogP contribution in [0.5, 0.6) is 11.5 Å². The van der Waals surface area contributed by atoms with Crippen molar-refractivity contribution in [3.8, 4) is 11.5 Å². The summed E-state index contributed by atoms with van der Waals surface area (Å²) in [5, 5.41) is 29.1. The van der Waals surface area contributed by atoms with Crippen LogP contribution in [0.3, 0.4) is 0 Å². The van der Waals surface area contributed by atoms with Crippen LogP contribution in [0.2, 0.25) is 0 Å². The fourth-order valence-corrected chi connectivity index (χ4v) is 5.69. The number of hydrogen-bond donors (Lipinski definition) is 2. The molecule has 0 aliphatic carbocycles. The predicted octanol–water partition coefficient (Wildman–Crippen LogP) is 1.88. The molecule has 3 aliphatic rings. The second-order valence-corrected chi connectivity index (χ2v) is 14.4. The number of rotatable bonds is 12. The van der Waals surface area contributed by atoms with Gasteiger partial charge in [0.15, 0.2) is 18.1 Å². The lowest BCUT2D eigenvalue weighted by atomic mass is 10.3. The molecule has 20 heteroatoms. The summed E-state index contributed by atoms with van der Waals surface area (Å²) in [5.41, 5.74) is 5.51. The number of nitrogens with two attached hydrogens (primary N) is 1. The van der Waals surface area contributed by atoms with E-state index >= 15 is 0 Å². The Balaban J connectivity index is 0.000000208. The summed E-state index contributed by atoms with van der Waals surface area (Å²) < 4.78 is 11.9. The molecule has 3 saturated heterocycles. The highest BCUT2D eigenvalue weighted by molar-refractivity contribution is 9.10. The highest BCUT2D eigenvalue weighted by Gasteiger charge is 2.15. The lowest BCUT2D eigenvalue weighted by Crippen LogP contribution is -2.45. The van der Waals surface area contributed by atoms with E-state index in [0.717, 1.165) is 108 Å². The van der Waals surface area contributed by atoms with E-state index in [0.29, 0.717) is 31.4 Å². The maximum atomic E-state index is 10.5. The zero-order valence-electron chi connectivity index (χ0n) is 32.7. The first-order chi connectivity index (χ1) is 26.9. The first kappa shape index (κ1) is 46.2. The molecule has 56 heavy (non-hydrogen) atoms. The van der Waals surface area contributed by atoms with Crippen LogP contribution in [-0.2, 0) is 0 Å². The highest BCUT2D eigenvalue weighted by atomic mass is 79.9. The maximum absolute atomic E-state index is 10.5. The topological polar surface area (TPSA) is 209 Å². The van der Waals surface area contributed by atoms with Crippen LogP contribution in [0.25, 0.3) is 0 Å². The molecule has 0 aromatic carbocycles. The van der Waals surface area contributed by atoms with Gasteiger partial charge in [0, 0.05) is 110 Å². The van der Waals surface area contributed by atoms with Gasteiger partial charge in [-0.15, -0.1) is 0 Å². The zero-order valence-corrected chi connectivity index (χ0v) is 34.3. The molecule has 6 rings (SSSR count). The van der Waals surface area contributed by atoms with E-state index in [1.165, 1.54) is 24.5 Å². The molecule has 0 atom stereocenters. The summed E-state index contributed by atoms with van der Waals surface area (Å²) in [6.45, 7) is 17.6. The van der Waals surface area contributed by atoms with Gasteiger partial charge in [-0.05, 0) is 81.2 Å². The van der Waals surface area contributed by atoms with Crippen LogP contribution in [-0.4, -0.2) is 198 Å². The van der Waals surface area contributed by atoms with Crippen LogP contribution >= 0.6 is 15.9 Å². The Bertz CT molecular complexity index is 1520. The number of halogens is 1. The number of aliphatic hydroxyl groups excluding tert-OH is 1. The summed E-state index contributed by atoms with van der Waals surface area (Å²) in [4.78, 5) is 44.7. The SMILES string of the molecule is CN1CCN(CCO)CC1.CN1CCN(CCOc2ccc(N)nc2)CC1.CN1CCN(CCOc2ccc([N+](=O)[O-])nc2)CC1.O=[N+]([O-])c1ccc(Br)cn1. The molecule has 19 nitrogen and oxygen atoms in total. The van der Waals surface area contributed by atoms with Gasteiger partial charge in [-0.3, -0.25) is 14.7 Å². The van der Waals surface area contributed by atoms with Crippen molar-refractivity contribution in [2.75, 3.05) is 145 Å². The lowest BCUT2D eigenvalue weighted by Gasteiger charge is -2.32. The largest absolute Gasteiger partial charge is 0.491 e. The monoisotopic (exact) mass is 848 g/mol. The van der Waals surface area contributed by atoms with Crippen molar-refractivity contribution in [1.82, 2.24) is 44.4 Å². The molecule has 0 radical (unpaired) electrons. The van der Waals surface area contributed by atoms with Crippen molar-refractivity contribution >= 4 is 33.4 Å². The van der Waals surface area contributed by atoms with E-state index in [1.54, 1.807) is 24.4 Å². The van der Waals surface area contributed by atoms with E-state index < -0.39 is 9.85 Å². The van der Waals surface area contributed by atoms with E-state index in [-0.39, 0.29) is 11.6 Å². The third kappa shape index (κ3) is 19.1. The molecule has 0 amide bonds. The molecule has 0 unspecified atom stereocenters. The molecule has 3 aromatic rings. The van der Waals surface area contributed by atoms with Crippen molar-refractivity contribution < 1.29 is 24.4 Å². The minimum atomic E-state index is -0.535. The van der Waals surface area contributed by atoms with Crippen molar-refractivity contribution in [3.63, 3.8) is 0 Å². The number of likely N-dealkylation sites (N-methyl/N-ethyl adjacent to an activating group) is 3. The fraction of sp³-hybridized carbons (Fsp3) is 0.583. The molecule has 3 fully saturated rings. The molecule has 3 aliphatic heterocycles. The Kier molecular flexibility index (Phi) is 21.4. The number of ether oxygens (including phenoxy) is 2. The van der Waals surface area contributed by atoms with Gasteiger partial charge >= 0.3 is 11.6 Å². The standard InChI is InChI=1S/C12H18N4O3.C12H20N4O.C7H16N2O.C5H3BrN2O2/c1-14-4-6-15(7-5-14)8-9-19-11-2-3-12(13-10-11)16(17)18;1-15-4-6-16(7-5-15)8-9-17-11-2-3-12(13)14-10-11;1-8-2-4-9(5-3-8)6-7-10;6-4-1-2-5(7-3-4)8(9)10/h2-3,10H,4-9H2,1H3;2-3,10H,4-9H2,1H3,(H2,13,14);10H,2-7H2,1H3;1-3H. The van der Waals surface area contributed by atoms with Crippen LogP contribution < -0.4 is 15.2 Å². The summed E-state index contributed by atoms with van der Waals surface area (Å²) >= 11 is 3.11. The summed E-state index contributed by atoms with van der Waals surface area (Å²) in [6.07, 6.45) is 4.44. The van der Waals surface area contributed by atoms with E-state index in [9.17, 15) is 20.2 Å². The van der Waals surface area contributed by atoms with Crippen LogP contribution in [0.15, 0.2) is 59.5 Å². The van der Waals surface area contributed by atoms with E-state index in [1.807, 2.05) is 6.07 Å². The molecule has 310 valence electrons. The Morgan fingerprint density at radius 3 is 1.36 bits per heavy atom. The lowest BCUT2D eigenvalue weighted by molar-refractivity contribution is -0.389. The van der Waals surface area contributed by atoms with Gasteiger partial charge in [0.05, 0.1) is 17.3 Å². The molecule has 0 spiro atoms. The van der Waals surface area contributed by atoms with Crippen LogP contribution in [0, 0.1) is 20.2 Å². The number of β-amino-alcohol motifs (C(OH)–C–C–N with tert-alkyl or cyclic N) is 1. The van der Waals surface area contributed by atoms with Gasteiger partial charge in [0.2, 0.25) is 0 Å². The second kappa shape index (κ2) is 25.9. The zero-order chi connectivity index (χ0) is 40.7. The molecule has 0 saturated carbocycles.